The van der Waals surface area contributed by atoms with Gasteiger partial charge in [-0.2, -0.15) is 0 Å². The number of hydrogen-bond acceptors (Lipinski definition) is 2. The van der Waals surface area contributed by atoms with Gasteiger partial charge in [-0.1, -0.05) is 5.92 Å². The van der Waals surface area contributed by atoms with Gasteiger partial charge in [0.2, 0.25) is 0 Å². The summed E-state index contributed by atoms with van der Waals surface area (Å²) in [5.41, 5.74) is 0. The summed E-state index contributed by atoms with van der Waals surface area (Å²) < 4.78 is 4.15. The molecule has 0 unspecified atom stereocenters. The summed E-state index contributed by atoms with van der Waals surface area (Å²) in [4.78, 5) is 9.34. The Morgan fingerprint density at radius 2 is 2.50 bits per heavy atom. The van der Waals surface area contributed by atoms with Gasteiger partial charge in [0, 0.05) is 0 Å². The van der Waals surface area contributed by atoms with Crippen LogP contribution in [0, 0.1) is 12.3 Å². The lowest BCUT2D eigenvalue weighted by Crippen LogP contribution is -1.84. The Balaban J connectivity index is 3.06. The van der Waals surface area contributed by atoms with Crippen LogP contribution >= 0.6 is 0 Å². The second-order valence-electron chi connectivity index (χ2n) is 0.963. The Kier molecular flexibility index (Phi) is 4.88. The van der Waals surface area contributed by atoms with Crippen molar-refractivity contribution < 1.29 is 9.53 Å². The maximum absolute atomic E-state index is 9.34. The van der Waals surface area contributed by atoms with E-state index < -0.39 is 0 Å². The van der Waals surface area contributed by atoms with Crippen molar-refractivity contribution in [1.29, 1.82) is 0 Å². The fraction of sp³-hybridized carbons (Fsp3) is 0.167. The van der Waals surface area contributed by atoms with Gasteiger partial charge in [0.05, 0.1) is 0 Å². The maximum Gasteiger partial charge on any atom is 0.417 e. The molecule has 2 heteroatoms. The summed E-state index contributed by atoms with van der Waals surface area (Å²) in [7, 11) is 0. The first-order valence-electron chi connectivity index (χ1n) is 2.02. The van der Waals surface area contributed by atoms with Crippen molar-refractivity contribution in [2.24, 2.45) is 0 Å². The van der Waals surface area contributed by atoms with Gasteiger partial charge in [-0.3, -0.25) is 0 Å². The first-order chi connectivity index (χ1) is 3.91. The molecule has 0 bridgehead atoms. The Bertz CT molecular complexity index is 119. The summed E-state index contributed by atoms with van der Waals surface area (Å²) in [6.45, 7) is 1.46. The van der Waals surface area contributed by atoms with Gasteiger partial charge in [0.25, 0.3) is 0 Å². The predicted molar refractivity (Wildman–Crippen MR) is 29.6 cm³/mol. The third-order valence-corrected chi connectivity index (χ3v) is 0.453. The zero-order valence-corrected chi connectivity index (χ0v) is 4.26. The van der Waals surface area contributed by atoms with Crippen LogP contribution in [0.2, 0.25) is 0 Å². The minimum Gasteiger partial charge on any atom is -0.453 e. The average Bonchev–Trinajstić information content (AvgIpc) is 1.81. The third kappa shape index (κ3) is 4.77. The summed E-state index contributed by atoms with van der Waals surface area (Å²) in [5.74, 6) is 2.24. The maximum atomic E-state index is 9.34. The number of hydrogen-bond donors (Lipinski definition) is 0. The van der Waals surface area contributed by atoms with Gasteiger partial charge >= 0.3 is 6.47 Å². The molecule has 0 rings (SSSR count). The molecule has 1 radical (unpaired) electrons. The molecule has 0 N–H and O–H groups in total. The van der Waals surface area contributed by atoms with Crippen LogP contribution < -0.4 is 0 Å². The monoisotopic (exact) mass is 109 g/mol. The largest absolute Gasteiger partial charge is 0.453 e. The summed E-state index contributed by atoms with van der Waals surface area (Å²) in [6, 6.07) is 0. The van der Waals surface area contributed by atoms with Crippen LogP contribution in [0.1, 0.15) is 0 Å². The van der Waals surface area contributed by atoms with Crippen molar-refractivity contribution in [2.75, 3.05) is 6.61 Å². The zero-order valence-electron chi connectivity index (χ0n) is 4.26. The highest BCUT2D eigenvalue weighted by atomic mass is 16.5. The molecular weight excluding hydrogens is 104 g/mol. The van der Waals surface area contributed by atoms with Crippen LogP contribution in [0.15, 0.2) is 12.2 Å². The Labute approximate surface area is 48.1 Å². The lowest BCUT2D eigenvalue weighted by molar-refractivity contribution is 0.314. The fourth-order valence-corrected chi connectivity index (χ4v) is 0.198. The molecule has 2 nitrogen and oxygen atoms in total. The van der Waals surface area contributed by atoms with Crippen LogP contribution in [0.25, 0.3) is 0 Å². The molecule has 0 amide bonds. The van der Waals surface area contributed by atoms with Crippen molar-refractivity contribution in [3.63, 3.8) is 0 Å². The molecule has 8 heavy (non-hydrogen) atoms. The molecule has 0 aliphatic heterocycles. The topological polar surface area (TPSA) is 26.3 Å². The van der Waals surface area contributed by atoms with E-state index in [1.54, 1.807) is 6.08 Å². The highest BCUT2D eigenvalue weighted by molar-refractivity contribution is 5.38. The second kappa shape index (κ2) is 5.77. The Morgan fingerprint density at radius 3 is 3.00 bits per heavy atom. The molecule has 0 aromatic carbocycles. The van der Waals surface area contributed by atoms with Gasteiger partial charge in [0.15, 0.2) is 0 Å². The molecule has 0 aromatic heterocycles. The highest BCUT2D eigenvalue weighted by Crippen LogP contribution is 1.70. The lowest BCUT2D eigenvalue weighted by atomic mass is 10.5. The molecule has 0 spiro atoms. The Hall–Kier alpha value is -1.23. The molecule has 0 saturated heterocycles. The van der Waals surface area contributed by atoms with E-state index in [0.29, 0.717) is 0 Å². The van der Waals surface area contributed by atoms with E-state index in [0.717, 1.165) is 0 Å². The van der Waals surface area contributed by atoms with E-state index in [1.807, 2.05) is 0 Å². The van der Waals surface area contributed by atoms with Crippen molar-refractivity contribution >= 4 is 6.47 Å². The molecule has 0 aliphatic carbocycles. The van der Waals surface area contributed by atoms with Gasteiger partial charge in [-0.05, 0) is 12.2 Å². The van der Waals surface area contributed by atoms with E-state index in [9.17, 15) is 4.79 Å². The van der Waals surface area contributed by atoms with E-state index in [4.69, 9.17) is 6.42 Å². The standard InChI is InChI=1S/C6H5O2/c1-2-3-4-5-8-6-7/h1,3-4H,5H2. The summed E-state index contributed by atoms with van der Waals surface area (Å²) >= 11 is 0. The molecule has 0 aliphatic rings. The van der Waals surface area contributed by atoms with Crippen molar-refractivity contribution in [3.8, 4) is 12.3 Å². The number of carbonyl (C=O) groups excluding carboxylic acids is 1. The minimum atomic E-state index is 0.202. The molecule has 0 heterocycles. The lowest BCUT2D eigenvalue weighted by Gasteiger charge is -1.82. The predicted octanol–water partition coefficient (Wildman–Crippen LogP) is 0.260. The van der Waals surface area contributed by atoms with E-state index in [1.165, 1.54) is 12.5 Å². The van der Waals surface area contributed by atoms with Crippen LogP contribution in [-0.4, -0.2) is 13.1 Å². The van der Waals surface area contributed by atoms with E-state index >= 15 is 0 Å². The Morgan fingerprint density at radius 1 is 1.75 bits per heavy atom. The van der Waals surface area contributed by atoms with Gasteiger partial charge < -0.3 is 4.74 Å². The molecule has 0 aromatic rings. The van der Waals surface area contributed by atoms with Crippen LogP contribution in [0.5, 0.6) is 0 Å². The van der Waals surface area contributed by atoms with Gasteiger partial charge in [-0.15, -0.1) is 6.42 Å². The smallest absolute Gasteiger partial charge is 0.417 e. The van der Waals surface area contributed by atoms with Crippen LogP contribution in [0.3, 0.4) is 0 Å². The molecule has 41 valence electrons. The van der Waals surface area contributed by atoms with Crippen molar-refractivity contribution in [3.05, 3.63) is 12.2 Å². The fourth-order valence-electron chi connectivity index (χ4n) is 0.198. The zero-order chi connectivity index (χ0) is 6.24. The third-order valence-electron chi connectivity index (χ3n) is 0.453. The van der Waals surface area contributed by atoms with Gasteiger partial charge in [-0.25, -0.2) is 4.79 Å². The highest BCUT2D eigenvalue weighted by Gasteiger charge is 1.72. The van der Waals surface area contributed by atoms with Gasteiger partial charge in [0.1, 0.15) is 6.61 Å². The van der Waals surface area contributed by atoms with E-state index in [-0.39, 0.29) is 6.61 Å². The SMILES string of the molecule is C#CC=CCO[C]=O. The normalized spacial score (nSPS) is 8.38. The first-order valence-corrected chi connectivity index (χ1v) is 2.02. The van der Waals surface area contributed by atoms with Crippen LogP contribution in [-0.2, 0) is 9.53 Å². The summed E-state index contributed by atoms with van der Waals surface area (Å²) in [6.07, 6.45) is 7.82. The van der Waals surface area contributed by atoms with Crippen molar-refractivity contribution in [1.82, 2.24) is 0 Å². The average molecular weight is 109 g/mol. The molecule has 0 atom stereocenters. The number of ether oxygens (including phenoxy) is 1. The van der Waals surface area contributed by atoms with Crippen molar-refractivity contribution in [2.45, 2.75) is 0 Å². The second-order valence-corrected chi connectivity index (χ2v) is 0.963. The molecular formula is C6H5O2. The molecule has 0 fully saturated rings. The number of terminal acetylenes is 1. The quantitative estimate of drug-likeness (QED) is 0.384. The van der Waals surface area contributed by atoms with Crippen LogP contribution in [0.4, 0.5) is 0 Å². The first kappa shape index (κ1) is 6.77. The minimum absolute atomic E-state index is 0.202. The summed E-state index contributed by atoms with van der Waals surface area (Å²) in [5, 5.41) is 0. The number of allylic oxidation sites excluding steroid dienone is 1. The van der Waals surface area contributed by atoms with E-state index in [2.05, 4.69) is 10.7 Å². The number of rotatable bonds is 3. The molecule has 0 saturated carbocycles.